The molecule has 0 fully saturated rings. The minimum Gasteiger partial charge on any atom is -0.0949 e. The lowest BCUT2D eigenvalue weighted by molar-refractivity contribution is 1.42. The van der Waals surface area contributed by atoms with Gasteiger partial charge >= 0.3 is 0 Å². The van der Waals surface area contributed by atoms with E-state index < -0.39 is 0 Å². The molecule has 0 aliphatic heterocycles. The fraction of sp³-hybridized carbons (Fsp3) is 0.0476. The summed E-state index contributed by atoms with van der Waals surface area (Å²) in [5, 5.41) is 2.54. The molecule has 0 aromatic heterocycles. The third kappa shape index (κ3) is 3.29. The number of hydrogen-bond donors (Lipinski definition) is 0. The number of benzene rings is 3. The predicted molar refractivity (Wildman–Crippen MR) is 93.1 cm³/mol. The van der Waals surface area contributed by atoms with Gasteiger partial charge in [-0.3, -0.25) is 0 Å². The molecular weight excluding hydrogens is 252 g/mol. The lowest BCUT2D eigenvalue weighted by Crippen LogP contribution is -1.82. The van der Waals surface area contributed by atoms with Crippen LogP contribution in [0.15, 0.2) is 85.5 Å². The Morgan fingerprint density at radius 3 is 2.33 bits per heavy atom. The van der Waals surface area contributed by atoms with E-state index in [0.717, 1.165) is 12.0 Å². The summed E-state index contributed by atoms with van der Waals surface area (Å²) in [6.07, 6.45) is 5.19. The van der Waals surface area contributed by atoms with Gasteiger partial charge < -0.3 is 0 Å². The quantitative estimate of drug-likeness (QED) is 0.549. The molecule has 3 aromatic carbocycles. The molecule has 0 unspecified atom stereocenters. The average molecular weight is 270 g/mol. The maximum Gasteiger partial charge on any atom is -0.00940 e. The van der Waals surface area contributed by atoms with Gasteiger partial charge in [-0.05, 0) is 40.0 Å². The summed E-state index contributed by atoms with van der Waals surface area (Å²) in [6, 6.07) is 25.3. The van der Waals surface area contributed by atoms with Crippen LogP contribution in [0.5, 0.6) is 0 Å². The largest absolute Gasteiger partial charge is 0.0949 e. The molecule has 0 heterocycles. The summed E-state index contributed by atoms with van der Waals surface area (Å²) >= 11 is 0. The zero-order chi connectivity index (χ0) is 14.5. The Balaban J connectivity index is 1.73. The normalized spacial score (nSPS) is 11.0. The molecule has 0 saturated carbocycles. The maximum absolute atomic E-state index is 4.21. The summed E-state index contributed by atoms with van der Waals surface area (Å²) in [6.45, 7) is 4.21. The van der Waals surface area contributed by atoms with Gasteiger partial charge in [0.25, 0.3) is 0 Å². The Morgan fingerprint density at radius 1 is 0.810 bits per heavy atom. The minimum absolute atomic E-state index is 0.868. The van der Waals surface area contributed by atoms with Crippen molar-refractivity contribution in [2.75, 3.05) is 0 Å². The Bertz CT molecular complexity index is 779. The van der Waals surface area contributed by atoms with E-state index in [9.17, 15) is 0 Å². The second kappa shape index (κ2) is 6.23. The van der Waals surface area contributed by atoms with Crippen LogP contribution in [-0.2, 0) is 0 Å². The van der Waals surface area contributed by atoms with Crippen LogP contribution in [0.4, 0.5) is 0 Å². The van der Waals surface area contributed by atoms with Crippen molar-refractivity contribution in [3.63, 3.8) is 0 Å². The molecule has 0 atom stereocenters. The van der Waals surface area contributed by atoms with Crippen molar-refractivity contribution in [3.05, 3.63) is 96.6 Å². The van der Waals surface area contributed by atoms with Crippen LogP contribution in [0.1, 0.15) is 17.5 Å². The molecule has 0 bridgehead atoms. The zero-order valence-corrected chi connectivity index (χ0v) is 12.0. The van der Waals surface area contributed by atoms with E-state index in [1.807, 2.05) is 6.07 Å². The maximum atomic E-state index is 4.21. The van der Waals surface area contributed by atoms with Crippen LogP contribution in [-0.4, -0.2) is 0 Å². The number of allylic oxidation sites excluding steroid dienone is 2. The molecule has 0 radical (unpaired) electrons. The highest BCUT2D eigenvalue weighted by molar-refractivity contribution is 5.86. The molecule has 3 rings (SSSR count). The highest BCUT2D eigenvalue weighted by Crippen LogP contribution is 2.22. The molecule has 0 aliphatic rings. The van der Waals surface area contributed by atoms with E-state index in [2.05, 4.69) is 85.5 Å². The van der Waals surface area contributed by atoms with Crippen molar-refractivity contribution >= 4 is 22.4 Å². The van der Waals surface area contributed by atoms with Gasteiger partial charge in [-0.25, -0.2) is 0 Å². The van der Waals surface area contributed by atoms with Crippen LogP contribution in [0.25, 0.3) is 22.4 Å². The highest BCUT2D eigenvalue weighted by Gasteiger charge is 1.99. The van der Waals surface area contributed by atoms with Crippen LogP contribution in [0.2, 0.25) is 0 Å². The third-order valence-electron chi connectivity index (χ3n) is 3.63. The molecule has 0 N–H and O–H groups in total. The van der Waals surface area contributed by atoms with Crippen molar-refractivity contribution in [1.82, 2.24) is 0 Å². The topological polar surface area (TPSA) is 0 Å². The molecule has 102 valence electrons. The molecule has 0 spiro atoms. The highest BCUT2D eigenvalue weighted by atomic mass is 14.0. The summed E-state index contributed by atoms with van der Waals surface area (Å²) in [4.78, 5) is 0. The monoisotopic (exact) mass is 270 g/mol. The Kier molecular flexibility index (Phi) is 3.97. The standard InChI is InChI=1S/C21H18/c1-17(8-7-11-18-9-3-2-4-10-18)20-15-14-19-12-5-6-13-21(19)16-20/h2-7,9-16H,1,8H2/b11-7+. The first-order valence-electron chi connectivity index (χ1n) is 7.21. The van der Waals surface area contributed by atoms with Crippen LogP contribution in [0, 0.1) is 0 Å². The molecular formula is C21H18. The van der Waals surface area contributed by atoms with Crippen LogP contribution in [0.3, 0.4) is 0 Å². The van der Waals surface area contributed by atoms with Gasteiger partial charge in [-0.15, -0.1) is 0 Å². The lowest BCUT2D eigenvalue weighted by Gasteiger charge is -2.05. The van der Waals surface area contributed by atoms with Crippen LogP contribution >= 0.6 is 0 Å². The number of rotatable bonds is 4. The van der Waals surface area contributed by atoms with E-state index in [1.165, 1.54) is 21.9 Å². The molecule has 3 aromatic rings. The molecule has 21 heavy (non-hydrogen) atoms. The summed E-state index contributed by atoms with van der Waals surface area (Å²) in [5.74, 6) is 0. The number of fused-ring (bicyclic) bond motifs is 1. The molecule has 0 saturated heterocycles. The van der Waals surface area contributed by atoms with Crippen molar-refractivity contribution in [3.8, 4) is 0 Å². The minimum atomic E-state index is 0.868. The Labute approximate surface area is 126 Å². The van der Waals surface area contributed by atoms with E-state index in [0.29, 0.717) is 0 Å². The van der Waals surface area contributed by atoms with Crippen LogP contribution < -0.4 is 0 Å². The van der Waals surface area contributed by atoms with Gasteiger partial charge in [0, 0.05) is 0 Å². The molecule has 0 heteroatoms. The van der Waals surface area contributed by atoms with Crippen molar-refractivity contribution < 1.29 is 0 Å². The van der Waals surface area contributed by atoms with Crippen molar-refractivity contribution in [1.29, 1.82) is 0 Å². The second-order valence-electron chi connectivity index (χ2n) is 5.18. The Morgan fingerprint density at radius 2 is 1.52 bits per heavy atom. The Hall–Kier alpha value is -2.60. The first-order chi connectivity index (χ1) is 10.3. The van der Waals surface area contributed by atoms with Crippen molar-refractivity contribution in [2.45, 2.75) is 6.42 Å². The molecule has 0 nitrogen and oxygen atoms in total. The van der Waals surface area contributed by atoms with E-state index >= 15 is 0 Å². The van der Waals surface area contributed by atoms with Gasteiger partial charge in [-0.2, -0.15) is 0 Å². The first-order valence-corrected chi connectivity index (χ1v) is 7.21. The molecule has 0 amide bonds. The predicted octanol–water partition coefficient (Wildman–Crippen LogP) is 5.96. The summed E-state index contributed by atoms with van der Waals surface area (Å²) in [5.41, 5.74) is 3.59. The third-order valence-corrected chi connectivity index (χ3v) is 3.63. The number of hydrogen-bond acceptors (Lipinski definition) is 0. The average Bonchev–Trinajstić information content (AvgIpc) is 2.55. The van der Waals surface area contributed by atoms with E-state index in [4.69, 9.17) is 0 Å². The fourth-order valence-corrected chi connectivity index (χ4v) is 2.43. The SMILES string of the molecule is C=C(C/C=C/c1ccccc1)c1ccc2ccccc2c1. The van der Waals surface area contributed by atoms with Gasteiger partial charge in [0.05, 0.1) is 0 Å². The van der Waals surface area contributed by atoms with Gasteiger partial charge in [0.2, 0.25) is 0 Å². The van der Waals surface area contributed by atoms with E-state index in [1.54, 1.807) is 0 Å². The van der Waals surface area contributed by atoms with E-state index in [-0.39, 0.29) is 0 Å². The summed E-state index contributed by atoms with van der Waals surface area (Å²) < 4.78 is 0. The zero-order valence-electron chi connectivity index (χ0n) is 12.0. The van der Waals surface area contributed by atoms with Gasteiger partial charge in [0.15, 0.2) is 0 Å². The van der Waals surface area contributed by atoms with Gasteiger partial charge in [0.1, 0.15) is 0 Å². The summed E-state index contributed by atoms with van der Waals surface area (Å²) in [7, 11) is 0. The van der Waals surface area contributed by atoms with Crippen molar-refractivity contribution in [2.24, 2.45) is 0 Å². The first kappa shape index (κ1) is 13.4. The second-order valence-corrected chi connectivity index (χ2v) is 5.18. The smallest absolute Gasteiger partial charge is 0.00940 e. The molecule has 0 aliphatic carbocycles. The lowest BCUT2D eigenvalue weighted by atomic mass is 10.00. The fourth-order valence-electron chi connectivity index (χ4n) is 2.43. The van der Waals surface area contributed by atoms with Gasteiger partial charge in [-0.1, -0.05) is 85.5 Å².